The minimum atomic E-state index is -0.661. The summed E-state index contributed by atoms with van der Waals surface area (Å²) >= 11 is 5.31. The molecule has 0 aromatic carbocycles. The molecule has 0 bridgehead atoms. The molecule has 0 N–H and O–H groups in total. The zero-order chi connectivity index (χ0) is 26.7. The number of rotatable bonds is 14. The molecule has 196 valence electrons. The van der Waals surface area contributed by atoms with E-state index in [1.54, 1.807) is 24.3 Å². The fraction of sp³-hybridized carbons (Fsp3) is 0.556. The molecule has 1 aromatic rings. The van der Waals surface area contributed by atoms with Crippen LogP contribution in [0, 0.1) is 11.3 Å². The first kappa shape index (κ1) is 29.8. The van der Waals surface area contributed by atoms with E-state index in [1.807, 2.05) is 12.1 Å². The molecular formula is C27H36BrN3O4S. The summed E-state index contributed by atoms with van der Waals surface area (Å²) in [6.07, 6.45) is 9.97. The average molecular weight is 579 g/mol. The number of hydrogen-bond donors (Lipinski definition) is 0. The lowest BCUT2D eigenvalue weighted by Crippen LogP contribution is -2.44. The number of carbonyl (C=O) groups is 3. The Morgan fingerprint density at radius 3 is 2.39 bits per heavy atom. The lowest BCUT2D eigenvalue weighted by atomic mass is 9.95. The minimum Gasteiger partial charge on any atom is -0.464 e. The highest BCUT2D eigenvalue weighted by atomic mass is 79.9. The van der Waals surface area contributed by atoms with Crippen LogP contribution in [0.15, 0.2) is 27.3 Å². The Kier molecular flexibility index (Phi) is 12.4. The molecule has 0 fully saturated rings. The van der Waals surface area contributed by atoms with Crippen LogP contribution in [-0.4, -0.2) is 48.9 Å². The molecule has 7 nitrogen and oxygen atoms in total. The summed E-state index contributed by atoms with van der Waals surface area (Å²) in [5.41, 5.74) is 0.591. The first-order valence-corrected chi connectivity index (χ1v) is 14.2. The molecule has 0 radical (unpaired) electrons. The highest BCUT2D eigenvalue weighted by molar-refractivity contribution is 9.10. The van der Waals surface area contributed by atoms with E-state index in [2.05, 4.69) is 34.7 Å². The fourth-order valence-electron chi connectivity index (χ4n) is 4.02. The third-order valence-electron chi connectivity index (χ3n) is 6.02. The largest absolute Gasteiger partial charge is 0.464 e. The van der Waals surface area contributed by atoms with E-state index in [4.69, 9.17) is 4.74 Å². The average Bonchev–Trinajstić information content (AvgIpc) is 3.20. The van der Waals surface area contributed by atoms with Crippen molar-refractivity contribution >= 4 is 56.1 Å². The van der Waals surface area contributed by atoms with Gasteiger partial charge in [0.25, 0.3) is 11.8 Å². The summed E-state index contributed by atoms with van der Waals surface area (Å²) in [7, 11) is 0. The lowest BCUT2D eigenvalue weighted by molar-refractivity contribution is -0.147. The minimum absolute atomic E-state index is 0.0726. The molecule has 2 rings (SSSR count). The number of esters is 1. The van der Waals surface area contributed by atoms with Gasteiger partial charge in [-0.05, 0) is 53.4 Å². The normalized spacial score (nSPS) is 15.0. The Morgan fingerprint density at radius 1 is 1.14 bits per heavy atom. The number of unbranched alkanes of at least 4 members (excludes halogenated alkanes) is 5. The number of nitriles is 1. The van der Waals surface area contributed by atoms with E-state index in [0.29, 0.717) is 11.1 Å². The fourth-order valence-corrected chi connectivity index (χ4v) is 5.95. The number of ether oxygens (including phenoxy) is 1. The van der Waals surface area contributed by atoms with Crippen LogP contribution in [-0.2, 0) is 19.1 Å². The van der Waals surface area contributed by atoms with Crippen LogP contribution in [0.4, 0.5) is 5.00 Å². The van der Waals surface area contributed by atoms with Crippen molar-refractivity contribution in [2.45, 2.75) is 72.6 Å². The predicted molar refractivity (Wildman–Crippen MR) is 148 cm³/mol. The quantitative estimate of drug-likeness (QED) is 0.112. The Bertz CT molecular complexity index is 1050. The second-order valence-electron chi connectivity index (χ2n) is 8.83. The molecule has 1 aliphatic heterocycles. The highest BCUT2D eigenvalue weighted by Gasteiger charge is 2.35. The smallest absolute Gasteiger partial charge is 0.302 e. The van der Waals surface area contributed by atoms with Crippen molar-refractivity contribution < 1.29 is 19.1 Å². The third kappa shape index (κ3) is 8.04. The maximum Gasteiger partial charge on any atom is 0.302 e. The van der Waals surface area contributed by atoms with Crippen molar-refractivity contribution in [2.24, 2.45) is 0 Å². The molecule has 0 aliphatic carbocycles. The van der Waals surface area contributed by atoms with Crippen LogP contribution >= 0.6 is 27.3 Å². The molecule has 0 saturated carbocycles. The van der Waals surface area contributed by atoms with Gasteiger partial charge in [-0.3, -0.25) is 19.3 Å². The van der Waals surface area contributed by atoms with E-state index < -0.39 is 17.8 Å². The van der Waals surface area contributed by atoms with Crippen molar-refractivity contribution in [1.82, 2.24) is 4.90 Å². The predicted octanol–water partition coefficient (Wildman–Crippen LogP) is 6.24. The number of thiophene rings is 1. The van der Waals surface area contributed by atoms with Gasteiger partial charge in [0.05, 0.1) is 11.0 Å². The van der Waals surface area contributed by atoms with E-state index in [9.17, 15) is 19.6 Å². The van der Waals surface area contributed by atoms with E-state index >= 15 is 0 Å². The van der Waals surface area contributed by atoms with Crippen LogP contribution in [0.1, 0.15) is 77.5 Å². The Hall–Kier alpha value is -2.44. The summed E-state index contributed by atoms with van der Waals surface area (Å²) in [6, 6.07) is 3.92. The summed E-state index contributed by atoms with van der Waals surface area (Å²) in [5.74, 6) is -1.65. The summed E-state index contributed by atoms with van der Waals surface area (Å²) < 4.78 is 5.88. The second-order valence-corrected chi connectivity index (χ2v) is 10.7. The molecular weight excluding hydrogens is 542 g/mol. The van der Waals surface area contributed by atoms with Crippen molar-refractivity contribution in [1.29, 1.82) is 5.26 Å². The highest BCUT2D eigenvalue weighted by Crippen LogP contribution is 2.38. The van der Waals surface area contributed by atoms with Crippen LogP contribution in [0.3, 0.4) is 0 Å². The third-order valence-corrected chi connectivity index (χ3v) is 8.03. The molecule has 1 aromatic heterocycles. The molecule has 36 heavy (non-hydrogen) atoms. The van der Waals surface area contributed by atoms with Gasteiger partial charge in [-0.15, -0.1) is 11.3 Å². The molecule has 0 atom stereocenters. The van der Waals surface area contributed by atoms with Gasteiger partial charge in [-0.2, -0.15) is 5.26 Å². The molecule has 9 heteroatoms. The first-order chi connectivity index (χ1) is 17.2. The first-order valence-electron chi connectivity index (χ1n) is 12.6. The number of nitrogens with zero attached hydrogens (tertiary/aromatic N) is 3. The SMILES string of the molecule is CCCCCCN(CCCCC)c1sc(/C=C2/C(=O)N(CCOC(C)=O)C(=O)C(C#N)=C2C)cc1Br. The van der Waals surface area contributed by atoms with Gasteiger partial charge in [0.15, 0.2) is 0 Å². The lowest BCUT2D eigenvalue weighted by Gasteiger charge is -2.27. The van der Waals surface area contributed by atoms with Gasteiger partial charge in [-0.1, -0.05) is 46.0 Å². The van der Waals surface area contributed by atoms with Gasteiger partial charge in [0.2, 0.25) is 0 Å². The molecule has 1 aliphatic rings. The topological polar surface area (TPSA) is 90.7 Å². The molecule has 2 amide bonds. The van der Waals surface area contributed by atoms with Crippen LogP contribution in [0.25, 0.3) is 6.08 Å². The number of carbonyl (C=O) groups excluding carboxylic acids is 3. The summed E-state index contributed by atoms with van der Waals surface area (Å²) in [6.45, 7) is 9.03. The number of imide groups is 1. The van der Waals surface area contributed by atoms with Crippen LogP contribution in [0.2, 0.25) is 0 Å². The number of anilines is 1. The number of amides is 2. The standard InChI is InChI=1S/C27H36BrN3O4S/c1-5-7-9-11-13-30(12-10-8-6-2)27-24(28)17-21(36-27)16-22-19(3)23(18-29)26(34)31(25(22)33)14-15-35-20(4)32/h16-17H,5-15H2,1-4H3/b22-16+. The zero-order valence-electron chi connectivity index (χ0n) is 21.7. The number of halogens is 1. The Morgan fingerprint density at radius 2 is 1.78 bits per heavy atom. The van der Waals surface area contributed by atoms with Crippen LogP contribution in [0.5, 0.6) is 0 Å². The molecule has 0 spiro atoms. The van der Waals surface area contributed by atoms with Crippen LogP contribution < -0.4 is 4.90 Å². The summed E-state index contributed by atoms with van der Waals surface area (Å²) in [4.78, 5) is 41.3. The number of hydrogen-bond acceptors (Lipinski definition) is 7. The van der Waals surface area contributed by atoms with Crippen molar-refractivity contribution in [2.75, 3.05) is 31.1 Å². The second kappa shape index (κ2) is 15.0. The van der Waals surface area contributed by atoms with E-state index in [1.165, 1.54) is 32.6 Å². The Labute approximate surface area is 226 Å². The van der Waals surface area contributed by atoms with E-state index in [0.717, 1.165) is 51.6 Å². The van der Waals surface area contributed by atoms with Gasteiger partial charge in [-0.25, -0.2) is 0 Å². The van der Waals surface area contributed by atoms with Gasteiger partial charge in [0, 0.05) is 30.5 Å². The van der Waals surface area contributed by atoms with Crippen molar-refractivity contribution in [3.63, 3.8) is 0 Å². The maximum absolute atomic E-state index is 13.2. The monoisotopic (exact) mass is 577 g/mol. The molecule has 0 unspecified atom stereocenters. The van der Waals surface area contributed by atoms with Gasteiger partial charge < -0.3 is 9.64 Å². The zero-order valence-corrected chi connectivity index (χ0v) is 24.1. The summed E-state index contributed by atoms with van der Waals surface area (Å²) in [5, 5.41) is 10.7. The van der Waals surface area contributed by atoms with Crippen molar-refractivity contribution in [3.05, 3.63) is 32.1 Å². The van der Waals surface area contributed by atoms with Gasteiger partial charge >= 0.3 is 5.97 Å². The molecule has 0 saturated heterocycles. The van der Waals surface area contributed by atoms with Gasteiger partial charge in [0.1, 0.15) is 23.3 Å². The Balaban J connectivity index is 2.35. The van der Waals surface area contributed by atoms with E-state index in [-0.39, 0.29) is 18.7 Å². The molecule has 2 heterocycles. The van der Waals surface area contributed by atoms with Crippen molar-refractivity contribution in [3.8, 4) is 6.07 Å². The maximum atomic E-state index is 13.2.